The number of nitrogens with zero attached hydrogens (tertiary/aromatic N) is 1. The topological polar surface area (TPSA) is 70.4 Å². The first-order valence-electron chi connectivity index (χ1n) is 5.54. The van der Waals surface area contributed by atoms with Crippen LogP contribution in [0.15, 0.2) is 12.3 Å². The molecule has 0 bridgehead atoms. The molecule has 0 aromatic carbocycles. The van der Waals surface area contributed by atoms with Gasteiger partial charge in [-0.3, -0.25) is 9.78 Å². The van der Waals surface area contributed by atoms with Gasteiger partial charge in [-0.1, -0.05) is 0 Å². The van der Waals surface area contributed by atoms with Gasteiger partial charge in [-0.15, -0.1) is 0 Å². The van der Waals surface area contributed by atoms with Crippen molar-refractivity contribution in [2.75, 3.05) is 6.61 Å². The van der Waals surface area contributed by atoms with Gasteiger partial charge in [-0.25, -0.2) is 0 Å². The molecule has 2 rings (SSSR count). The maximum Gasteiger partial charge on any atom is 0.181 e. The van der Waals surface area contributed by atoms with E-state index in [2.05, 4.69) is 4.98 Å². The predicted molar refractivity (Wildman–Crippen MR) is 58.2 cm³/mol. The molecule has 4 heteroatoms. The first-order valence-corrected chi connectivity index (χ1v) is 5.54. The van der Waals surface area contributed by atoms with Crippen LogP contribution in [0.3, 0.4) is 0 Å². The molecule has 0 fully saturated rings. The van der Waals surface area contributed by atoms with Crippen molar-refractivity contribution >= 4 is 5.78 Å². The monoisotopic (exact) mass is 221 g/mol. The molecule has 0 spiro atoms. The van der Waals surface area contributed by atoms with Crippen LogP contribution in [0, 0.1) is 0 Å². The van der Waals surface area contributed by atoms with Gasteiger partial charge in [-0.2, -0.15) is 0 Å². The van der Waals surface area contributed by atoms with Crippen molar-refractivity contribution in [2.24, 2.45) is 0 Å². The lowest BCUT2D eigenvalue weighted by Gasteiger charge is -2.20. The molecule has 1 aromatic rings. The molecule has 16 heavy (non-hydrogen) atoms. The highest BCUT2D eigenvalue weighted by molar-refractivity contribution is 5.96. The van der Waals surface area contributed by atoms with Gasteiger partial charge in [-0.05, 0) is 30.0 Å². The van der Waals surface area contributed by atoms with E-state index in [0.717, 1.165) is 24.0 Å². The molecule has 1 aliphatic rings. The minimum absolute atomic E-state index is 0.0549. The van der Waals surface area contributed by atoms with Crippen LogP contribution in [0.1, 0.15) is 47.0 Å². The van der Waals surface area contributed by atoms with Crippen LogP contribution < -0.4 is 0 Å². The fourth-order valence-corrected chi connectivity index (χ4v) is 2.14. The molecule has 0 amide bonds. The number of aliphatic hydroxyl groups is 2. The number of carbonyl (C=O) groups excluding carboxylic acids is 1. The SMILES string of the molecule is O=C1CCCc2c(C(O)CCO)ccnc21. The Morgan fingerprint density at radius 1 is 1.44 bits per heavy atom. The predicted octanol–water partition coefficient (Wildman–Crippen LogP) is 1.02. The van der Waals surface area contributed by atoms with Gasteiger partial charge in [0.05, 0.1) is 6.10 Å². The summed E-state index contributed by atoms with van der Waals surface area (Å²) in [7, 11) is 0. The third-order valence-corrected chi connectivity index (χ3v) is 2.95. The number of hydrogen-bond acceptors (Lipinski definition) is 4. The number of pyridine rings is 1. The molecule has 1 aromatic heterocycles. The Kier molecular flexibility index (Phi) is 3.31. The fraction of sp³-hybridized carbons (Fsp3) is 0.500. The van der Waals surface area contributed by atoms with Gasteiger partial charge in [0.2, 0.25) is 0 Å². The number of hydrogen-bond donors (Lipinski definition) is 2. The van der Waals surface area contributed by atoms with Crippen LogP contribution in [0.2, 0.25) is 0 Å². The van der Waals surface area contributed by atoms with Crippen molar-refractivity contribution in [1.29, 1.82) is 0 Å². The van der Waals surface area contributed by atoms with Crippen molar-refractivity contribution < 1.29 is 15.0 Å². The Morgan fingerprint density at radius 3 is 3.00 bits per heavy atom. The van der Waals surface area contributed by atoms with Crippen molar-refractivity contribution in [2.45, 2.75) is 31.8 Å². The Hall–Kier alpha value is -1.26. The van der Waals surface area contributed by atoms with Crippen LogP contribution in [0.4, 0.5) is 0 Å². The van der Waals surface area contributed by atoms with Gasteiger partial charge in [0, 0.05) is 25.6 Å². The molecule has 0 saturated heterocycles. The summed E-state index contributed by atoms with van der Waals surface area (Å²) in [4.78, 5) is 15.7. The number of rotatable bonds is 3. The quantitative estimate of drug-likeness (QED) is 0.799. The highest BCUT2D eigenvalue weighted by Gasteiger charge is 2.23. The second-order valence-corrected chi connectivity index (χ2v) is 4.03. The third-order valence-electron chi connectivity index (χ3n) is 2.95. The minimum atomic E-state index is -0.701. The summed E-state index contributed by atoms with van der Waals surface area (Å²) < 4.78 is 0. The number of Topliss-reactive ketones (excluding diaryl/α,β-unsaturated/α-hetero) is 1. The largest absolute Gasteiger partial charge is 0.396 e. The summed E-state index contributed by atoms with van der Waals surface area (Å²) in [5.74, 6) is 0.0549. The summed E-state index contributed by atoms with van der Waals surface area (Å²) in [6, 6.07) is 1.73. The highest BCUT2D eigenvalue weighted by Crippen LogP contribution is 2.27. The fourth-order valence-electron chi connectivity index (χ4n) is 2.14. The van der Waals surface area contributed by atoms with E-state index >= 15 is 0 Å². The number of aliphatic hydroxyl groups excluding tert-OH is 2. The van der Waals surface area contributed by atoms with Crippen LogP contribution in [0.5, 0.6) is 0 Å². The molecule has 4 nitrogen and oxygen atoms in total. The molecular formula is C12H15NO3. The number of ketones is 1. The number of aromatic nitrogens is 1. The molecule has 86 valence electrons. The summed E-state index contributed by atoms with van der Waals surface area (Å²) in [5, 5.41) is 18.7. The summed E-state index contributed by atoms with van der Waals surface area (Å²) in [6.45, 7) is -0.0633. The van der Waals surface area contributed by atoms with Gasteiger partial charge >= 0.3 is 0 Å². The van der Waals surface area contributed by atoms with Crippen molar-refractivity contribution in [3.05, 3.63) is 29.1 Å². The Balaban J connectivity index is 2.39. The lowest BCUT2D eigenvalue weighted by molar-refractivity contribution is 0.0965. The molecule has 1 aliphatic carbocycles. The number of fused-ring (bicyclic) bond motifs is 1. The molecule has 2 N–H and O–H groups in total. The van der Waals surface area contributed by atoms with E-state index in [4.69, 9.17) is 5.11 Å². The normalized spacial score (nSPS) is 17.0. The molecular weight excluding hydrogens is 206 g/mol. The van der Waals surface area contributed by atoms with Crippen molar-refractivity contribution in [3.63, 3.8) is 0 Å². The lowest BCUT2D eigenvalue weighted by Crippen LogP contribution is -2.17. The summed E-state index contributed by atoms with van der Waals surface area (Å²) in [5.41, 5.74) is 2.10. The molecule has 1 atom stereocenters. The van der Waals surface area contributed by atoms with E-state index in [9.17, 15) is 9.90 Å². The first-order chi connectivity index (χ1) is 7.74. The maximum atomic E-state index is 11.6. The smallest absolute Gasteiger partial charge is 0.181 e. The Labute approximate surface area is 93.9 Å². The average molecular weight is 221 g/mol. The van der Waals surface area contributed by atoms with E-state index < -0.39 is 6.10 Å². The van der Waals surface area contributed by atoms with Gasteiger partial charge in [0.15, 0.2) is 5.78 Å². The Bertz CT molecular complexity index is 403. The molecule has 1 unspecified atom stereocenters. The second kappa shape index (κ2) is 4.72. The standard InChI is InChI=1S/C12H15NO3/c14-7-5-10(15)8-4-6-13-12-9(8)2-1-3-11(12)16/h4,6,10,14-15H,1-3,5,7H2. The van der Waals surface area contributed by atoms with E-state index in [1.54, 1.807) is 12.3 Å². The van der Waals surface area contributed by atoms with E-state index in [-0.39, 0.29) is 12.4 Å². The summed E-state index contributed by atoms with van der Waals surface area (Å²) >= 11 is 0. The van der Waals surface area contributed by atoms with Crippen LogP contribution >= 0.6 is 0 Å². The van der Waals surface area contributed by atoms with Gasteiger partial charge in [0.1, 0.15) is 5.69 Å². The molecule has 0 radical (unpaired) electrons. The van der Waals surface area contributed by atoms with E-state index in [1.807, 2.05) is 0 Å². The second-order valence-electron chi connectivity index (χ2n) is 4.03. The summed E-state index contributed by atoms with van der Waals surface area (Å²) in [6.07, 6.45) is 3.29. The minimum Gasteiger partial charge on any atom is -0.396 e. The molecule has 1 heterocycles. The molecule has 0 saturated carbocycles. The zero-order chi connectivity index (χ0) is 11.5. The van der Waals surface area contributed by atoms with Crippen LogP contribution in [-0.2, 0) is 6.42 Å². The first kappa shape index (κ1) is 11.2. The van der Waals surface area contributed by atoms with Crippen LogP contribution in [0.25, 0.3) is 0 Å². The highest BCUT2D eigenvalue weighted by atomic mass is 16.3. The zero-order valence-electron chi connectivity index (χ0n) is 9.02. The maximum absolute atomic E-state index is 11.6. The number of carbonyl (C=O) groups is 1. The van der Waals surface area contributed by atoms with Crippen molar-refractivity contribution in [1.82, 2.24) is 4.98 Å². The third kappa shape index (κ3) is 1.99. The van der Waals surface area contributed by atoms with Gasteiger partial charge < -0.3 is 10.2 Å². The zero-order valence-corrected chi connectivity index (χ0v) is 9.02. The van der Waals surface area contributed by atoms with E-state index in [0.29, 0.717) is 18.5 Å². The molecule has 0 aliphatic heterocycles. The van der Waals surface area contributed by atoms with E-state index in [1.165, 1.54) is 0 Å². The average Bonchev–Trinajstić information content (AvgIpc) is 2.29. The van der Waals surface area contributed by atoms with Gasteiger partial charge in [0.25, 0.3) is 0 Å². The van der Waals surface area contributed by atoms with Crippen LogP contribution in [-0.4, -0.2) is 27.6 Å². The lowest BCUT2D eigenvalue weighted by atomic mass is 9.89. The Morgan fingerprint density at radius 2 is 2.25 bits per heavy atom. The van der Waals surface area contributed by atoms with Crippen molar-refractivity contribution in [3.8, 4) is 0 Å².